The summed E-state index contributed by atoms with van der Waals surface area (Å²) in [6, 6.07) is 15.0. The lowest BCUT2D eigenvalue weighted by Gasteiger charge is -2.01. The number of benzene rings is 2. The van der Waals surface area contributed by atoms with Crippen LogP contribution in [0.4, 0.5) is 0 Å². The van der Waals surface area contributed by atoms with Crippen LogP contribution in [0.3, 0.4) is 0 Å². The van der Waals surface area contributed by atoms with Crippen LogP contribution in [0.2, 0.25) is 0 Å². The molecule has 2 rings (SSSR count). The van der Waals surface area contributed by atoms with Gasteiger partial charge in [-0.3, -0.25) is 9.59 Å². The summed E-state index contributed by atoms with van der Waals surface area (Å²) in [5, 5.41) is 6.35. The van der Waals surface area contributed by atoms with E-state index in [-0.39, 0.29) is 12.5 Å². The fraction of sp³-hybridized carbons (Fsp3) is 0.150. The van der Waals surface area contributed by atoms with Crippen molar-refractivity contribution in [3.05, 3.63) is 71.3 Å². The number of methoxy groups -OCH3 is 1. The number of nitrogens with one attached hydrogen (secondary N) is 2. The molecule has 0 radical (unpaired) electrons. The van der Waals surface area contributed by atoms with Gasteiger partial charge in [0.05, 0.1) is 19.9 Å². The van der Waals surface area contributed by atoms with Crippen LogP contribution >= 0.6 is 0 Å². The molecule has 2 aromatic rings. The van der Waals surface area contributed by atoms with Crippen molar-refractivity contribution in [2.24, 2.45) is 5.10 Å². The molecule has 0 aliphatic carbocycles. The molecule has 26 heavy (non-hydrogen) atoms. The predicted octanol–water partition coefficient (Wildman–Crippen LogP) is 2.28. The van der Waals surface area contributed by atoms with Crippen molar-refractivity contribution in [2.75, 3.05) is 13.7 Å². The second-order valence-electron chi connectivity index (χ2n) is 5.53. The van der Waals surface area contributed by atoms with E-state index in [1.54, 1.807) is 31.5 Å². The molecular weight excluding hydrogens is 330 g/mol. The van der Waals surface area contributed by atoms with Crippen LogP contribution in [0.15, 0.2) is 59.7 Å². The monoisotopic (exact) mass is 351 g/mol. The number of hydrazone groups is 1. The summed E-state index contributed by atoms with van der Waals surface area (Å²) in [4.78, 5) is 23.4. The predicted molar refractivity (Wildman–Crippen MR) is 102 cm³/mol. The molecule has 6 nitrogen and oxygen atoms in total. The third-order valence-corrected chi connectivity index (χ3v) is 3.45. The summed E-state index contributed by atoms with van der Waals surface area (Å²) in [5.41, 5.74) is 5.25. The molecule has 0 fully saturated rings. The highest BCUT2D eigenvalue weighted by Crippen LogP contribution is 2.12. The smallest absolute Gasteiger partial charge is 0.259 e. The maximum absolute atomic E-state index is 11.7. The van der Waals surface area contributed by atoms with Gasteiger partial charge < -0.3 is 10.1 Å². The van der Waals surface area contributed by atoms with E-state index in [0.29, 0.717) is 0 Å². The van der Waals surface area contributed by atoms with Gasteiger partial charge in [-0.05, 0) is 36.3 Å². The molecule has 0 aliphatic rings. The second kappa shape index (κ2) is 9.78. The molecule has 134 valence electrons. The van der Waals surface area contributed by atoms with Crippen molar-refractivity contribution in [3.8, 4) is 5.75 Å². The van der Waals surface area contributed by atoms with Gasteiger partial charge in [0.2, 0.25) is 5.91 Å². The zero-order chi connectivity index (χ0) is 18.8. The number of rotatable bonds is 7. The molecule has 6 heteroatoms. The highest BCUT2D eigenvalue weighted by molar-refractivity contribution is 5.94. The lowest BCUT2D eigenvalue weighted by molar-refractivity contribution is -0.123. The lowest BCUT2D eigenvalue weighted by Crippen LogP contribution is -2.34. The Morgan fingerprint density at radius 1 is 1.04 bits per heavy atom. The first-order chi connectivity index (χ1) is 12.6. The van der Waals surface area contributed by atoms with E-state index in [1.165, 1.54) is 6.08 Å². The van der Waals surface area contributed by atoms with Crippen LogP contribution in [0.1, 0.15) is 16.7 Å². The van der Waals surface area contributed by atoms with Crippen LogP contribution < -0.4 is 15.5 Å². The van der Waals surface area contributed by atoms with Gasteiger partial charge in [-0.1, -0.05) is 42.0 Å². The minimum atomic E-state index is -0.403. The number of hydrogen-bond acceptors (Lipinski definition) is 4. The van der Waals surface area contributed by atoms with E-state index < -0.39 is 5.91 Å². The first-order valence-corrected chi connectivity index (χ1v) is 8.05. The minimum absolute atomic E-state index is 0.156. The van der Waals surface area contributed by atoms with Gasteiger partial charge >= 0.3 is 0 Å². The quantitative estimate of drug-likeness (QED) is 0.456. The Hall–Kier alpha value is -3.41. The van der Waals surface area contributed by atoms with Gasteiger partial charge in [-0.2, -0.15) is 5.10 Å². The largest absolute Gasteiger partial charge is 0.497 e. The molecule has 0 atom stereocenters. The van der Waals surface area contributed by atoms with Crippen molar-refractivity contribution in [3.63, 3.8) is 0 Å². The molecule has 0 unspecified atom stereocenters. The van der Waals surface area contributed by atoms with Crippen LogP contribution in [-0.2, 0) is 9.59 Å². The third kappa shape index (κ3) is 6.60. The Labute approximate surface area is 152 Å². The average molecular weight is 351 g/mol. The molecule has 2 amide bonds. The summed E-state index contributed by atoms with van der Waals surface area (Å²) in [6.07, 6.45) is 4.57. The van der Waals surface area contributed by atoms with Crippen molar-refractivity contribution >= 4 is 24.1 Å². The number of carbonyl (C=O) groups is 2. The zero-order valence-corrected chi connectivity index (χ0v) is 14.7. The third-order valence-electron chi connectivity index (χ3n) is 3.45. The lowest BCUT2D eigenvalue weighted by atomic mass is 10.2. The van der Waals surface area contributed by atoms with Crippen LogP contribution in [-0.4, -0.2) is 31.7 Å². The summed E-state index contributed by atoms with van der Waals surface area (Å²) in [7, 11) is 1.59. The Bertz CT molecular complexity index is 794. The Morgan fingerprint density at radius 2 is 1.69 bits per heavy atom. The molecule has 0 saturated heterocycles. The molecule has 0 spiro atoms. The Balaban J connectivity index is 1.72. The van der Waals surface area contributed by atoms with Gasteiger partial charge in [0, 0.05) is 6.08 Å². The van der Waals surface area contributed by atoms with Crippen molar-refractivity contribution in [2.45, 2.75) is 6.92 Å². The number of amides is 2. The van der Waals surface area contributed by atoms with Gasteiger partial charge in [-0.25, -0.2) is 5.43 Å². The molecular formula is C20H21N3O3. The van der Waals surface area contributed by atoms with E-state index in [0.717, 1.165) is 22.4 Å². The van der Waals surface area contributed by atoms with E-state index in [9.17, 15) is 9.59 Å². The highest BCUT2D eigenvalue weighted by atomic mass is 16.5. The molecule has 0 aromatic heterocycles. The molecule has 0 bridgehead atoms. The van der Waals surface area contributed by atoms with Crippen LogP contribution in [0.25, 0.3) is 6.08 Å². The highest BCUT2D eigenvalue weighted by Gasteiger charge is 2.01. The Kier molecular flexibility index (Phi) is 7.12. The molecule has 0 aliphatic heterocycles. The number of nitrogens with zero attached hydrogens (tertiary/aromatic N) is 1. The van der Waals surface area contributed by atoms with E-state index in [2.05, 4.69) is 15.8 Å². The van der Waals surface area contributed by atoms with E-state index >= 15 is 0 Å². The summed E-state index contributed by atoms with van der Waals surface area (Å²) < 4.78 is 5.07. The van der Waals surface area contributed by atoms with Crippen molar-refractivity contribution < 1.29 is 14.3 Å². The number of hydrogen-bond donors (Lipinski definition) is 2. The second-order valence-corrected chi connectivity index (χ2v) is 5.53. The van der Waals surface area contributed by atoms with Gasteiger partial charge in [0.25, 0.3) is 5.91 Å². The van der Waals surface area contributed by atoms with Gasteiger partial charge in [0.15, 0.2) is 0 Å². The van der Waals surface area contributed by atoms with Gasteiger partial charge in [0.1, 0.15) is 5.75 Å². The molecule has 2 aromatic carbocycles. The fourth-order valence-electron chi connectivity index (χ4n) is 1.98. The molecule has 0 heterocycles. The van der Waals surface area contributed by atoms with Gasteiger partial charge in [-0.15, -0.1) is 0 Å². The maximum Gasteiger partial charge on any atom is 0.259 e. The summed E-state index contributed by atoms with van der Waals surface area (Å²) in [6.45, 7) is 1.84. The SMILES string of the molecule is COc1ccc(/C=C/C(=O)NCC(=O)N/N=C/c2ccc(C)cc2)cc1. The Morgan fingerprint density at radius 3 is 2.35 bits per heavy atom. The molecule has 2 N–H and O–H groups in total. The van der Waals surface area contributed by atoms with E-state index in [4.69, 9.17) is 4.74 Å². The van der Waals surface area contributed by atoms with Crippen molar-refractivity contribution in [1.82, 2.24) is 10.7 Å². The summed E-state index contributed by atoms with van der Waals surface area (Å²) >= 11 is 0. The van der Waals surface area contributed by atoms with Crippen LogP contribution in [0, 0.1) is 6.92 Å². The topological polar surface area (TPSA) is 79.8 Å². The number of carbonyl (C=O) groups excluding carboxylic acids is 2. The fourth-order valence-corrected chi connectivity index (χ4v) is 1.98. The first-order valence-electron chi connectivity index (χ1n) is 8.05. The summed E-state index contributed by atoms with van der Waals surface area (Å²) in [5.74, 6) is -0.0208. The minimum Gasteiger partial charge on any atom is -0.497 e. The average Bonchev–Trinajstić information content (AvgIpc) is 2.66. The standard InChI is InChI=1S/C20H21N3O3/c1-15-3-5-17(6-4-15)13-22-23-20(25)14-21-19(24)12-9-16-7-10-18(26-2)11-8-16/h3-13H,14H2,1-2H3,(H,21,24)(H,23,25)/b12-9+,22-13+. The zero-order valence-electron chi connectivity index (χ0n) is 14.7. The maximum atomic E-state index is 11.7. The van der Waals surface area contributed by atoms with Crippen LogP contribution in [0.5, 0.6) is 5.75 Å². The van der Waals surface area contributed by atoms with Crippen molar-refractivity contribution in [1.29, 1.82) is 0 Å². The normalized spacial score (nSPS) is 10.8. The number of ether oxygens (including phenoxy) is 1. The first kappa shape index (κ1) is 18.9. The molecule has 0 saturated carbocycles. The van der Waals surface area contributed by atoms with E-state index in [1.807, 2.05) is 43.3 Å². The number of aryl methyl sites for hydroxylation is 1.